The molecule has 2 saturated heterocycles. The summed E-state index contributed by atoms with van der Waals surface area (Å²) in [5.41, 5.74) is 3.93. The number of carboxylic acids is 2. The van der Waals surface area contributed by atoms with Gasteiger partial charge in [0.05, 0.1) is 105 Å². The molecule has 6 fully saturated rings. The molecule has 117 heavy (non-hydrogen) atoms. The lowest BCUT2D eigenvalue weighted by atomic mass is 10.0. The summed E-state index contributed by atoms with van der Waals surface area (Å²) in [7, 11) is 0. The van der Waals surface area contributed by atoms with Crippen LogP contribution in [0.2, 0.25) is 20.1 Å². The summed E-state index contributed by atoms with van der Waals surface area (Å²) in [6, 6.07) is 17.6. The number of nitrogens with zero attached hydrogens (tertiary/aromatic N) is 11. The Kier molecular flexibility index (Phi) is 19.4. The van der Waals surface area contributed by atoms with Crippen molar-refractivity contribution in [3.05, 3.63) is 160 Å². The van der Waals surface area contributed by atoms with E-state index >= 15 is 0 Å². The number of aromatic nitrogens is 4. The van der Waals surface area contributed by atoms with Crippen molar-refractivity contribution in [3.63, 3.8) is 0 Å². The maximum absolute atomic E-state index is 13.2. The molecule has 0 unspecified atom stereocenters. The average Bonchev–Trinajstić information content (AvgIpc) is 1.30. The van der Waals surface area contributed by atoms with Gasteiger partial charge in [-0.05, 0) is 174 Å². The topological polar surface area (TPSA) is 393 Å². The van der Waals surface area contributed by atoms with Crippen LogP contribution in [0.3, 0.4) is 0 Å². The number of aliphatic hydroxyl groups is 1. The van der Waals surface area contributed by atoms with E-state index in [-0.39, 0.29) is 129 Å². The molecule has 10 aliphatic rings. The molecule has 624 valence electrons. The molecule has 0 bridgehead atoms. The molecule has 4 atom stereocenters. The van der Waals surface area contributed by atoms with E-state index < -0.39 is 123 Å². The third kappa shape index (κ3) is 18.5. The fraction of sp³-hybridized carbons (Fsp3) is 0.458. The normalized spacial score (nSPS) is 24.6. The van der Waals surface area contributed by atoms with Gasteiger partial charge in [0, 0.05) is 129 Å². The highest BCUT2D eigenvalue weighted by Gasteiger charge is 2.45. The lowest BCUT2D eigenvalue weighted by Gasteiger charge is -2.25. The van der Waals surface area contributed by atoms with Crippen LogP contribution in [-0.4, -0.2) is 219 Å². The number of hydrogen-bond donors (Lipinski definition) is 3. The first-order valence-electron chi connectivity index (χ1n) is 46.5. The standard InChI is InChI=1S/C21H22ClN3O6.2C21H22ClN3O4.C17H15ClN2O4.3CH4.H2O/c1-11(12-2-3-12)25-9-14-6-13(7-15(22)19(14)21(25)30)17-8-16(23-31-17)20(29)24(4-5-26)10-18(27)28;2*1-12(13-2-3-13)25-11-15-8-14(9-16(22)19(15)21(25)27)18-10-17(23-29-18)20(26)24-4-6-28-7-5-24;1-8(9-2-3-9)20-7-11-4-10(5-12(18)15(11)16(20)21)14-6-13(17(22)23)19-24-14;;;;/h6-8,11-12,26H,2-5,9-10H2,1H3,(H,27,28);2*8-10,12-13H,2-7,11H2,1H3;4-6,8-9H,2-3,7H2,1H3,(H,22,23);3*1H4;1H2/p+1/t11-;2*12-;8-;;;;/m0000..../s1/i4D2,5D2,10D2;2*4D2,5D2,6D2,7D2;;;;;. The molecular weight excluding hydrogens is 1600 g/mol. The monoisotopic (exact) mass is 1710 g/mol. The molecule has 4 aromatic heterocycles. The van der Waals surface area contributed by atoms with Crippen molar-refractivity contribution in [2.75, 3.05) is 71.8 Å². The van der Waals surface area contributed by atoms with Gasteiger partial charge in [-0.15, -0.1) is 0 Å². The van der Waals surface area contributed by atoms with Crippen LogP contribution >= 0.6 is 46.4 Å². The summed E-state index contributed by atoms with van der Waals surface area (Å²) in [6.07, 6.45) is 8.68. The van der Waals surface area contributed by atoms with Crippen LogP contribution in [0, 0.1) is 23.7 Å². The Morgan fingerprint density at radius 2 is 0.718 bits per heavy atom. The van der Waals surface area contributed by atoms with E-state index in [1.807, 2.05) is 31.7 Å². The summed E-state index contributed by atoms with van der Waals surface area (Å²) in [5.74, 6) is -6.46. The lowest BCUT2D eigenvalue weighted by Crippen LogP contribution is -2.40. The summed E-state index contributed by atoms with van der Waals surface area (Å²) < 4.78 is 201. The molecule has 7 amide bonds. The fourth-order valence-corrected chi connectivity index (χ4v) is 15.5. The Balaban J connectivity index is 0.000000178. The molecule has 18 rings (SSSR count). The number of fused-ring (bicyclic) bond motifs is 4. The van der Waals surface area contributed by atoms with Crippen LogP contribution in [0.15, 0.2) is 90.9 Å². The van der Waals surface area contributed by atoms with Gasteiger partial charge in [0.15, 0.2) is 45.8 Å². The minimum Gasteiger partial charge on any atom is -0.480 e. The molecule has 6 N–H and O–H groups in total. The number of benzene rings is 4. The zero-order chi connectivity index (χ0) is 99.3. The minimum atomic E-state index is -3.85. The van der Waals surface area contributed by atoms with Crippen LogP contribution in [0.5, 0.6) is 0 Å². The zero-order valence-electron chi connectivity index (χ0n) is 82.5. The van der Waals surface area contributed by atoms with E-state index in [1.165, 1.54) is 24.3 Å². The van der Waals surface area contributed by atoms with Gasteiger partial charge in [0.1, 0.15) is 6.50 Å². The zero-order valence-corrected chi connectivity index (χ0v) is 63.5. The number of carbonyl (C=O) groups excluding carboxylic acids is 7. The van der Waals surface area contributed by atoms with Gasteiger partial charge in [-0.25, -0.2) is 4.79 Å². The van der Waals surface area contributed by atoms with Gasteiger partial charge in [-0.1, -0.05) is 89.3 Å². The second kappa shape index (κ2) is 36.4. The number of amides is 7. The van der Waals surface area contributed by atoms with E-state index in [2.05, 4.69) is 37.0 Å². The van der Waals surface area contributed by atoms with Crippen molar-refractivity contribution >= 4 is 99.7 Å². The average molecular weight is 1720 g/mol. The van der Waals surface area contributed by atoms with Crippen LogP contribution in [-0.2, 0) is 45.9 Å². The number of morpholine rings is 2. The number of carbonyl (C=O) groups is 9. The molecule has 34 heteroatoms. The largest absolute Gasteiger partial charge is 0.480 e. The third-order valence-corrected chi connectivity index (χ3v) is 22.2. The SMILES string of the molecule is C.C.C.C[C@@H](C1CC1)N1Cc2cc(-c3cc(C(=O)O)no3)cc(Cl)c2C1=O.[2H]C([2H])(C(=O)O)N(C(=O)c1cc(-c2cc(Cl)c3c(c2)CN([C@@H](C)C2CC2)C3=O)on1)C([2H])([2H])C([2H])([2H])O.[2H]C1([2H])OC([2H])([2H])C([2H])([2H])N(C(=O)c2cc(-c3cc(Cl)c4c(c3)CN([C@@H](C)C3CC3)C4=O)on2)C1([2H])[2H].[2H]C1([2H])OC([2H])([2H])C([2H])([2H])N(C(=O)c2cc(-c3cc(Cl)c4c(c3)CN([C@@H](C)C3CC3)C4=O)on2)C1([2H])[2H].[OH3+]. The number of ether oxygens (including phenoxy) is 2. The molecule has 10 heterocycles. The minimum absolute atomic E-state index is 0. The first-order valence-corrected chi connectivity index (χ1v) is 37.0. The van der Waals surface area contributed by atoms with Crippen molar-refractivity contribution < 1.29 is 122 Å². The number of aromatic carboxylic acids is 1. The van der Waals surface area contributed by atoms with E-state index in [0.717, 1.165) is 75.1 Å². The predicted octanol–water partition coefficient (Wildman–Crippen LogP) is 13.1. The molecule has 4 aliphatic carbocycles. The Bertz CT molecular complexity index is 5990. The van der Waals surface area contributed by atoms with E-state index in [1.54, 1.807) is 39.0 Å². The van der Waals surface area contributed by atoms with E-state index in [9.17, 15) is 53.4 Å². The molecule has 30 nitrogen and oxygen atoms in total. The van der Waals surface area contributed by atoms with Crippen LogP contribution < -0.4 is 0 Å². The second-order valence-corrected chi connectivity index (χ2v) is 29.9. The Hall–Kier alpha value is -10.1. The summed E-state index contributed by atoms with van der Waals surface area (Å²) >= 11 is 25.6. The van der Waals surface area contributed by atoms with Gasteiger partial charge in [-0.3, -0.25) is 38.4 Å². The number of hydrogen-bond acceptors (Lipinski definition) is 20. The van der Waals surface area contributed by atoms with Gasteiger partial charge < -0.3 is 82.7 Å². The summed E-state index contributed by atoms with van der Waals surface area (Å²) in [5, 5.41) is 42.8. The summed E-state index contributed by atoms with van der Waals surface area (Å²) in [6.45, 7) is -29.1. The van der Waals surface area contributed by atoms with E-state index in [4.69, 9.17) is 99.8 Å². The first kappa shape index (κ1) is 62.2. The molecule has 6 aliphatic heterocycles. The fourth-order valence-electron chi connectivity index (χ4n) is 14.2. The molecular formula is C83H96Cl4N11O19+. The number of carboxylic acid groups (broad SMARTS) is 2. The Labute approximate surface area is 726 Å². The highest BCUT2D eigenvalue weighted by atomic mass is 35.5. The third-order valence-electron chi connectivity index (χ3n) is 21.0. The first-order chi connectivity index (χ1) is 62.4. The molecule has 4 saturated carbocycles. The van der Waals surface area contributed by atoms with Crippen molar-refractivity contribution in [2.24, 2.45) is 23.7 Å². The maximum Gasteiger partial charge on any atom is 0.358 e. The lowest BCUT2D eigenvalue weighted by molar-refractivity contribution is -0.137. The second-order valence-electron chi connectivity index (χ2n) is 28.2. The van der Waals surface area contributed by atoms with Crippen molar-refractivity contribution in [1.29, 1.82) is 0 Å². The van der Waals surface area contributed by atoms with Crippen molar-refractivity contribution in [1.82, 2.24) is 54.9 Å². The Morgan fingerprint density at radius 1 is 0.453 bits per heavy atom. The van der Waals surface area contributed by atoms with Gasteiger partial charge in [0.25, 0.3) is 41.4 Å². The quantitative estimate of drug-likeness (QED) is 0.0597. The molecule has 0 radical (unpaired) electrons. The molecule has 0 spiro atoms. The van der Waals surface area contributed by atoms with Gasteiger partial charge >= 0.3 is 11.9 Å². The van der Waals surface area contributed by atoms with Crippen LogP contribution in [0.1, 0.15) is 237 Å². The number of rotatable bonds is 20. The van der Waals surface area contributed by atoms with E-state index in [0.29, 0.717) is 116 Å². The smallest absolute Gasteiger partial charge is 0.358 e. The van der Waals surface area contributed by atoms with Crippen LogP contribution in [0.4, 0.5) is 0 Å². The summed E-state index contributed by atoms with van der Waals surface area (Å²) in [4.78, 5) is 119. The van der Waals surface area contributed by atoms with Gasteiger partial charge in [-0.2, -0.15) is 0 Å². The number of halogens is 4. The Morgan fingerprint density at radius 3 is 0.974 bits per heavy atom. The van der Waals surface area contributed by atoms with Crippen molar-refractivity contribution in [2.45, 2.75) is 152 Å². The number of aliphatic carboxylic acids is 1. The van der Waals surface area contributed by atoms with Crippen LogP contribution in [0.25, 0.3) is 45.3 Å². The van der Waals surface area contributed by atoms with Crippen molar-refractivity contribution in [3.8, 4) is 45.3 Å². The molecule has 4 aromatic carbocycles. The molecule has 8 aromatic rings. The highest BCUT2D eigenvalue weighted by Crippen LogP contribution is 2.46. The van der Waals surface area contributed by atoms with Gasteiger partial charge in [0.2, 0.25) is 0 Å². The highest BCUT2D eigenvalue weighted by molar-refractivity contribution is 6.36. The predicted molar refractivity (Wildman–Crippen MR) is 432 cm³/mol. The maximum atomic E-state index is 13.2.